The maximum absolute atomic E-state index is 13.9. The molecule has 0 aromatic carbocycles. The Kier molecular flexibility index (Phi) is 4.28. The van der Waals surface area contributed by atoms with Crippen LogP contribution in [-0.4, -0.2) is 44.6 Å². The number of carbonyl (C=O) groups excluding carboxylic acids is 1. The normalized spacial score (nSPS) is 39.6. The number of methoxy groups -OCH3 is 2. The third-order valence-corrected chi connectivity index (χ3v) is 7.11. The number of hydrogen-bond acceptors (Lipinski definition) is 7. The first-order valence-electron chi connectivity index (χ1n) is 10.3. The van der Waals surface area contributed by atoms with Crippen LogP contribution in [-0.2, 0) is 25.4 Å². The Balaban J connectivity index is 1.81. The molecule has 0 N–H and O–H groups in total. The molecule has 2 saturated heterocycles. The van der Waals surface area contributed by atoms with Gasteiger partial charge in [0.25, 0.3) is 0 Å². The van der Waals surface area contributed by atoms with E-state index in [4.69, 9.17) is 23.4 Å². The van der Waals surface area contributed by atoms with E-state index in [1.165, 1.54) is 6.07 Å². The van der Waals surface area contributed by atoms with Gasteiger partial charge in [-0.25, -0.2) is 4.79 Å². The van der Waals surface area contributed by atoms with Crippen LogP contribution in [0, 0.1) is 11.3 Å². The minimum atomic E-state index is -0.813. The second-order valence-corrected chi connectivity index (χ2v) is 8.41. The van der Waals surface area contributed by atoms with Crippen LogP contribution in [0.2, 0.25) is 0 Å². The maximum atomic E-state index is 13.9. The summed E-state index contributed by atoms with van der Waals surface area (Å²) in [5.41, 5.74) is 0.422. The van der Waals surface area contributed by atoms with E-state index in [0.717, 1.165) is 24.0 Å². The first-order valence-corrected chi connectivity index (χ1v) is 10.3. The Bertz CT molecular complexity index is 947. The van der Waals surface area contributed by atoms with Crippen LogP contribution in [0.15, 0.2) is 26.9 Å². The molecule has 0 amide bonds. The van der Waals surface area contributed by atoms with Crippen LogP contribution in [0.3, 0.4) is 0 Å². The van der Waals surface area contributed by atoms with Crippen molar-refractivity contribution in [3.8, 4) is 5.75 Å². The van der Waals surface area contributed by atoms with Gasteiger partial charge in [-0.2, -0.15) is 0 Å². The molecule has 0 saturated carbocycles. The highest BCUT2D eigenvalue weighted by Gasteiger charge is 2.70. The van der Waals surface area contributed by atoms with Gasteiger partial charge in [-0.15, -0.1) is 0 Å². The standard InChI is InChI=1S/C22H26O7/c1-5-6-11-18-14(25-3)9-17(23)28-15(18)7-12-10(2)27-21(26-4)13-8-16-19(29-16)20(24)22(11,12)13/h8-12,16,19,21H,5-7H2,1-4H3/t10-,11-,12-,16+,19+,21-,22-/m0/s1. The molecule has 2 aliphatic carbocycles. The second kappa shape index (κ2) is 6.52. The van der Waals surface area contributed by atoms with Gasteiger partial charge in [0.2, 0.25) is 0 Å². The number of rotatable bonds is 4. The summed E-state index contributed by atoms with van der Waals surface area (Å²) < 4.78 is 28.8. The van der Waals surface area contributed by atoms with Gasteiger partial charge in [-0.1, -0.05) is 13.3 Å². The topological polar surface area (TPSA) is 87.5 Å². The van der Waals surface area contributed by atoms with Gasteiger partial charge < -0.3 is 23.4 Å². The van der Waals surface area contributed by atoms with E-state index in [-0.39, 0.29) is 29.8 Å². The zero-order valence-electron chi connectivity index (χ0n) is 17.1. The van der Waals surface area contributed by atoms with Gasteiger partial charge in [0, 0.05) is 30.9 Å². The van der Waals surface area contributed by atoms with E-state index in [1.54, 1.807) is 14.2 Å². The summed E-state index contributed by atoms with van der Waals surface area (Å²) in [6, 6.07) is 1.38. The molecule has 1 aromatic heterocycles. The molecule has 2 fully saturated rings. The largest absolute Gasteiger partial charge is 0.496 e. The molecule has 0 unspecified atom stereocenters. The summed E-state index contributed by atoms with van der Waals surface area (Å²) in [6.07, 6.45) is 2.61. The monoisotopic (exact) mass is 402 g/mol. The number of hydrogen-bond donors (Lipinski definition) is 0. The quantitative estimate of drug-likeness (QED) is 0.564. The van der Waals surface area contributed by atoms with Crippen LogP contribution in [0.4, 0.5) is 0 Å². The minimum absolute atomic E-state index is 0.0968. The van der Waals surface area contributed by atoms with Gasteiger partial charge in [-0.3, -0.25) is 4.79 Å². The molecule has 4 aliphatic rings. The highest BCUT2D eigenvalue weighted by atomic mass is 16.7. The number of ether oxygens (including phenoxy) is 4. The average molecular weight is 402 g/mol. The summed E-state index contributed by atoms with van der Waals surface area (Å²) in [6.45, 7) is 4.06. The fourth-order valence-electron chi connectivity index (χ4n) is 6.00. The van der Waals surface area contributed by atoms with Gasteiger partial charge in [0.1, 0.15) is 23.7 Å². The van der Waals surface area contributed by atoms with Crippen LogP contribution in [0.1, 0.15) is 43.9 Å². The molecule has 7 nitrogen and oxygen atoms in total. The Morgan fingerprint density at radius 3 is 2.72 bits per heavy atom. The van der Waals surface area contributed by atoms with Gasteiger partial charge in [0.05, 0.1) is 24.7 Å². The molecule has 0 bridgehead atoms. The molecule has 7 atom stereocenters. The van der Waals surface area contributed by atoms with Crippen LogP contribution in [0.5, 0.6) is 5.75 Å². The summed E-state index contributed by atoms with van der Waals surface area (Å²) in [4.78, 5) is 26.0. The zero-order chi connectivity index (χ0) is 20.5. The molecule has 7 heteroatoms. The Morgan fingerprint density at radius 1 is 1.24 bits per heavy atom. The van der Waals surface area contributed by atoms with E-state index in [0.29, 0.717) is 17.9 Å². The molecule has 1 aromatic rings. The van der Waals surface area contributed by atoms with E-state index in [1.807, 2.05) is 13.0 Å². The average Bonchev–Trinajstić information content (AvgIpc) is 3.48. The van der Waals surface area contributed by atoms with Crippen molar-refractivity contribution in [3.63, 3.8) is 0 Å². The number of Topliss-reactive ketones (excluding diaryl/α,β-unsaturated/α-hetero) is 1. The smallest absolute Gasteiger partial charge is 0.339 e. The third-order valence-electron chi connectivity index (χ3n) is 7.11. The Morgan fingerprint density at radius 2 is 2.03 bits per heavy atom. The lowest BCUT2D eigenvalue weighted by molar-refractivity contribution is -0.203. The Labute approximate surface area is 169 Å². The highest BCUT2D eigenvalue weighted by molar-refractivity contribution is 5.98. The molecule has 2 aliphatic heterocycles. The van der Waals surface area contributed by atoms with Crippen LogP contribution < -0.4 is 10.4 Å². The molecule has 1 spiro atoms. The molecular formula is C22H26O7. The first kappa shape index (κ1) is 19.0. The molecular weight excluding hydrogens is 376 g/mol. The number of ketones is 1. The van der Waals surface area contributed by atoms with Crippen molar-refractivity contribution in [1.29, 1.82) is 0 Å². The van der Waals surface area contributed by atoms with Crippen molar-refractivity contribution >= 4 is 5.78 Å². The summed E-state index contributed by atoms with van der Waals surface area (Å²) in [7, 11) is 3.15. The Hall–Kier alpha value is -1.96. The number of fused-ring (bicyclic) bond motifs is 2. The summed E-state index contributed by atoms with van der Waals surface area (Å²) >= 11 is 0. The van der Waals surface area contributed by atoms with Gasteiger partial charge in [0.15, 0.2) is 12.1 Å². The van der Waals surface area contributed by atoms with E-state index < -0.39 is 23.4 Å². The predicted molar refractivity (Wildman–Crippen MR) is 102 cm³/mol. The fourth-order valence-corrected chi connectivity index (χ4v) is 6.00. The van der Waals surface area contributed by atoms with Crippen molar-refractivity contribution in [2.75, 3.05) is 14.2 Å². The molecule has 0 radical (unpaired) electrons. The SMILES string of the molecule is CCC[C@H]1c2c(OC)cc(=O)oc2C[C@H]2[C@H](C)O[C@H](OC)C3=C[C@H]4O[C@H]4C(=O)[C@@]312. The van der Waals surface area contributed by atoms with Crippen molar-refractivity contribution in [1.82, 2.24) is 0 Å². The number of epoxide rings is 1. The molecule has 29 heavy (non-hydrogen) atoms. The first-order chi connectivity index (χ1) is 14.0. The van der Waals surface area contributed by atoms with Crippen molar-refractivity contribution in [2.45, 2.75) is 63.6 Å². The second-order valence-electron chi connectivity index (χ2n) is 8.41. The van der Waals surface area contributed by atoms with E-state index in [2.05, 4.69) is 6.92 Å². The summed E-state index contributed by atoms with van der Waals surface area (Å²) in [5.74, 6) is 0.812. The fraction of sp³-hybridized carbons (Fsp3) is 0.636. The highest BCUT2D eigenvalue weighted by Crippen LogP contribution is 2.65. The lowest BCUT2D eigenvalue weighted by Gasteiger charge is -2.56. The molecule has 5 rings (SSSR count). The molecule has 156 valence electrons. The van der Waals surface area contributed by atoms with Crippen molar-refractivity contribution < 1.29 is 28.2 Å². The maximum Gasteiger partial charge on any atom is 0.339 e. The lowest BCUT2D eigenvalue weighted by atomic mass is 9.49. The van der Waals surface area contributed by atoms with Crippen molar-refractivity contribution in [3.05, 3.63) is 39.5 Å². The lowest BCUT2D eigenvalue weighted by Crippen LogP contribution is -2.61. The van der Waals surface area contributed by atoms with Crippen LogP contribution in [0.25, 0.3) is 0 Å². The van der Waals surface area contributed by atoms with E-state index >= 15 is 0 Å². The van der Waals surface area contributed by atoms with E-state index in [9.17, 15) is 9.59 Å². The van der Waals surface area contributed by atoms with Gasteiger partial charge >= 0.3 is 5.63 Å². The number of carbonyl (C=O) groups is 1. The summed E-state index contributed by atoms with van der Waals surface area (Å²) in [5, 5.41) is 0. The van der Waals surface area contributed by atoms with Crippen LogP contribution >= 0.6 is 0 Å². The predicted octanol–water partition coefficient (Wildman–Crippen LogP) is 2.36. The van der Waals surface area contributed by atoms with Crippen molar-refractivity contribution in [2.24, 2.45) is 11.3 Å². The van der Waals surface area contributed by atoms with Gasteiger partial charge in [-0.05, 0) is 25.0 Å². The molecule has 3 heterocycles. The zero-order valence-corrected chi connectivity index (χ0v) is 17.1. The minimum Gasteiger partial charge on any atom is -0.496 e. The third kappa shape index (κ3) is 2.41.